The molecule has 0 unspecified atom stereocenters. The highest BCUT2D eigenvalue weighted by Crippen LogP contribution is 2.30. The molecule has 1 saturated heterocycles. The Morgan fingerprint density at radius 2 is 1.97 bits per heavy atom. The van der Waals surface area contributed by atoms with Gasteiger partial charge >= 0.3 is 0 Å². The molecular formula is C26H30N4O3S. The van der Waals surface area contributed by atoms with Gasteiger partial charge in [0, 0.05) is 55.1 Å². The molecule has 1 aromatic heterocycles. The molecule has 5 rings (SSSR count). The van der Waals surface area contributed by atoms with Gasteiger partial charge in [0.05, 0.1) is 5.52 Å². The molecule has 1 N–H and O–H groups in total. The summed E-state index contributed by atoms with van der Waals surface area (Å²) in [6, 6.07) is 8.86. The number of nitrogens with zero attached hydrogens (tertiary/aromatic N) is 3. The van der Waals surface area contributed by atoms with E-state index < -0.39 is 10.0 Å². The highest BCUT2D eigenvalue weighted by atomic mass is 32.2. The van der Waals surface area contributed by atoms with Crippen LogP contribution in [0.5, 0.6) is 0 Å². The first-order valence-electron chi connectivity index (χ1n) is 11.9. The second kappa shape index (κ2) is 9.35. The van der Waals surface area contributed by atoms with E-state index in [4.69, 9.17) is 0 Å². The van der Waals surface area contributed by atoms with Gasteiger partial charge in [-0.25, -0.2) is 8.42 Å². The average Bonchev–Trinajstić information content (AvgIpc) is 3.66. The Balaban J connectivity index is 1.30. The minimum atomic E-state index is -3.84. The molecule has 0 radical (unpaired) electrons. The summed E-state index contributed by atoms with van der Waals surface area (Å²) < 4.78 is 28.9. The molecule has 0 spiro atoms. The van der Waals surface area contributed by atoms with Gasteiger partial charge in [0.15, 0.2) is 0 Å². The highest BCUT2D eigenvalue weighted by molar-refractivity contribution is 7.89. The van der Waals surface area contributed by atoms with Crippen molar-refractivity contribution in [2.75, 3.05) is 26.2 Å². The summed E-state index contributed by atoms with van der Waals surface area (Å²) in [7, 11) is -3.84. The first-order valence-corrected chi connectivity index (χ1v) is 13.4. The van der Waals surface area contributed by atoms with Crippen LogP contribution >= 0.6 is 0 Å². The summed E-state index contributed by atoms with van der Waals surface area (Å²) >= 11 is 0. The lowest BCUT2D eigenvalue weighted by atomic mass is 10.1. The van der Waals surface area contributed by atoms with Crippen LogP contribution in [0.3, 0.4) is 0 Å². The predicted molar refractivity (Wildman–Crippen MR) is 132 cm³/mol. The van der Waals surface area contributed by atoms with Crippen LogP contribution < -0.4 is 4.72 Å². The Labute approximate surface area is 200 Å². The summed E-state index contributed by atoms with van der Waals surface area (Å²) in [5.41, 5.74) is 1.51. The van der Waals surface area contributed by atoms with E-state index in [1.54, 1.807) is 42.6 Å². The molecule has 1 saturated carbocycles. The number of piperazine rings is 1. The van der Waals surface area contributed by atoms with E-state index >= 15 is 0 Å². The minimum Gasteiger partial charge on any atom is -0.334 e. The summed E-state index contributed by atoms with van der Waals surface area (Å²) in [5, 5.41) is 0.759. The van der Waals surface area contributed by atoms with Crippen molar-refractivity contribution < 1.29 is 13.2 Å². The van der Waals surface area contributed by atoms with E-state index in [-0.39, 0.29) is 16.8 Å². The number of hydrogen-bond acceptors (Lipinski definition) is 5. The zero-order valence-electron chi connectivity index (χ0n) is 19.4. The van der Waals surface area contributed by atoms with Gasteiger partial charge in [-0.3, -0.25) is 19.4 Å². The number of allylic oxidation sites excluding steroid dienone is 4. The lowest BCUT2D eigenvalue weighted by Crippen LogP contribution is -2.54. The molecule has 178 valence electrons. The van der Waals surface area contributed by atoms with Gasteiger partial charge in [0.1, 0.15) is 4.90 Å². The van der Waals surface area contributed by atoms with E-state index in [0.717, 1.165) is 37.5 Å². The number of pyridine rings is 1. The maximum atomic E-state index is 13.2. The number of benzene rings is 1. The Morgan fingerprint density at radius 1 is 1.15 bits per heavy atom. The number of carbonyl (C=O) groups excluding carboxylic acids is 1. The Bertz CT molecular complexity index is 1290. The third-order valence-electron chi connectivity index (χ3n) is 6.70. The molecular weight excluding hydrogens is 448 g/mol. The summed E-state index contributed by atoms with van der Waals surface area (Å²) in [5.74, 6) is 0.878. The topological polar surface area (TPSA) is 82.6 Å². The van der Waals surface area contributed by atoms with Crippen LogP contribution in [0, 0.1) is 5.92 Å². The van der Waals surface area contributed by atoms with Crippen molar-refractivity contribution in [3.05, 3.63) is 72.1 Å². The third kappa shape index (κ3) is 4.93. The number of rotatable bonds is 6. The van der Waals surface area contributed by atoms with E-state index in [9.17, 15) is 13.2 Å². The van der Waals surface area contributed by atoms with Gasteiger partial charge in [-0.15, -0.1) is 0 Å². The number of fused-ring (bicyclic) bond motifs is 1. The third-order valence-corrected chi connectivity index (χ3v) is 8.11. The van der Waals surface area contributed by atoms with Crippen molar-refractivity contribution in [3.8, 4) is 0 Å². The van der Waals surface area contributed by atoms with Crippen LogP contribution in [0.15, 0.2) is 77.0 Å². The van der Waals surface area contributed by atoms with Crippen LogP contribution in [0.4, 0.5) is 0 Å². The molecule has 2 heterocycles. The fraction of sp³-hybridized carbons (Fsp3) is 0.385. The highest BCUT2D eigenvalue weighted by Gasteiger charge is 2.32. The summed E-state index contributed by atoms with van der Waals surface area (Å²) in [4.78, 5) is 22.1. The molecule has 34 heavy (non-hydrogen) atoms. The molecule has 1 aromatic carbocycles. The van der Waals surface area contributed by atoms with Crippen molar-refractivity contribution in [2.24, 2.45) is 5.92 Å². The summed E-state index contributed by atoms with van der Waals surface area (Å²) in [6.45, 7) is 5.81. The number of sulfonamides is 1. The normalized spacial score (nSPS) is 21.7. The van der Waals surface area contributed by atoms with Gasteiger partial charge in [-0.1, -0.05) is 30.4 Å². The molecule has 1 amide bonds. The molecule has 8 heteroatoms. The summed E-state index contributed by atoms with van der Waals surface area (Å²) in [6.07, 6.45) is 11.7. The van der Waals surface area contributed by atoms with E-state index in [2.05, 4.69) is 21.5 Å². The minimum absolute atomic E-state index is 0.0295. The second-order valence-corrected chi connectivity index (χ2v) is 11.1. The lowest BCUT2D eigenvalue weighted by Gasteiger charge is -2.40. The molecule has 2 aliphatic carbocycles. The van der Waals surface area contributed by atoms with Crippen LogP contribution in [-0.2, 0) is 14.8 Å². The SMILES string of the molecule is C[C@H]1CN(CC2CC2)CCN1C(=O)C1=CC=C(NS(=O)(=O)c2cccc3cccnc23)C=CC1. The van der Waals surface area contributed by atoms with E-state index in [0.29, 0.717) is 23.2 Å². The smallest absolute Gasteiger partial charge is 0.264 e. The first-order chi connectivity index (χ1) is 16.4. The maximum absolute atomic E-state index is 13.2. The Hall–Kier alpha value is -2.97. The van der Waals surface area contributed by atoms with Gasteiger partial charge in [-0.05, 0) is 56.4 Å². The van der Waals surface area contributed by atoms with Crippen LogP contribution in [-0.4, -0.2) is 61.3 Å². The molecule has 7 nitrogen and oxygen atoms in total. The number of hydrogen-bond donors (Lipinski definition) is 1. The van der Waals surface area contributed by atoms with Crippen LogP contribution in [0.25, 0.3) is 10.9 Å². The average molecular weight is 479 g/mol. The maximum Gasteiger partial charge on any atom is 0.264 e. The van der Waals surface area contributed by atoms with Crippen molar-refractivity contribution >= 4 is 26.8 Å². The lowest BCUT2D eigenvalue weighted by molar-refractivity contribution is -0.131. The zero-order chi connectivity index (χ0) is 23.7. The molecule has 1 atom stereocenters. The van der Waals surface area contributed by atoms with Crippen molar-refractivity contribution in [1.29, 1.82) is 0 Å². The molecule has 3 aliphatic rings. The standard InChI is InChI=1S/C26H30N4O3S/c1-19-17-29(18-20-10-11-20)15-16-30(19)26(31)22-6-2-8-23(13-12-22)28-34(32,33)24-9-3-5-21-7-4-14-27-25(21)24/h2-5,7-9,12-14,19-20,28H,6,10-11,15-18H2,1H3/t19-/m0/s1. The Morgan fingerprint density at radius 3 is 2.76 bits per heavy atom. The van der Waals surface area contributed by atoms with Gasteiger partial charge in [0.25, 0.3) is 10.0 Å². The number of aromatic nitrogens is 1. The van der Waals surface area contributed by atoms with Crippen molar-refractivity contribution in [2.45, 2.75) is 37.1 Å². The zero-order valence-corrected chi connectivity index (χ0v) is 20.2. The van der Waals surface area contributed by atoms with E-state index in [1.807, 2.05) is 23.1 Å². The van der Waals surface area contributed by atoms with Crippen molar-refractivity contribution in [3.63, 3.8) is 0 Å². The number of para-hydroxylation sites is 1. The van der Waals surface area contributed by atoms with Gasteiger partial charge < -0.3 is 4.90 Å². The molecule has 1 aliphatic heterocycles. The van der Waals surface area contributed by atoms with Crippen LogP contribution in [0.1, 0.15) is 26.2 Å². The molecule has 2 fully saturated rings. The van der Waals surface area contributed by atoms with Crippen LogP contribution in [0.2, 0.25) is 0 Å². The molecule has 0 bridgehead atoms. The van der Waals surface area contributed by atoms with Crippen molar-refractivity contribution in [1.82, 2.24) is 19.5 Å². The van der Waals surface area contributed by atoms with E-state index in [1.165, 1.54) is 12.8 Å². The fourth-order valence-corrected chi connectivity index (χ4v) is 5.95. The Kier molecular flexibility index (Phi) is 6.27. The largest absolute Gasteiger partial charge is 0.334 e. The quantitative estimate of drug-likeness (QED) is 0.689. The number of nitrogens with one attached hydrogen (secondary N) is 1. The van der Waals surface area contributed by atoms with Gasteiger partial charge in [-0.2, -0.15) is 0 Å². The monoisotopic (exact) mass is 478 g/mol. The first kappa shape index (κ1) is 22.8. The second-order valence-electron chi connectivity index (χ2n) is 9.41. The predicted octanol–water partition coefficient (Wildman–Crippen LogP) is 3.23. The fourth-order valence-electron chi connectivity index (χ4n) is 4.71. The van der Waals surface area contributed by atoms with Gasteiger partial charge in [0.2, 0.25) is 5.91 Å². The number of amides is 1. The number of carbonyl (C=O) groups is 1. The molecule has 2 aromatic rings.